The summed E-state index contributed by atoms with van der Waals surface area (Å²) in [6.45, 7) is 4.43. The molecule has 0 radical (unpaired) electrons. The van der Waals surface area contributed by atoms with Gasteiger partial charge in [-0.25, -0.2) is 0 Å². The van der Waals surface area contributed by atoms with E-state index in [-0.39, 0.29) is 11.3 Å². The maximum atomic E-state index is 12.8. The van der Waals surface area contributed by atoms with E-state index in [4.69, 9.17) is 9.47 Å². The third kappa shape index (κ3) is 6.00. The number of amides is 1. The lowest BCUT2D eigenvalue weighted by atomic mass is 10.1. The van der Waals surface area contributed by atoms with Crippen LogP contribution in [0.25, 0.3) is 6.08 Å². The predicted octanol–water partition coefficient (Wildman–Crippen LogP) is 5.81. The van der Waals surface area contributed by atoms with E-state index in [2.05, 4.69) is 21.2 Å². The highest BCUT2D eigenvalue weighted by Crippen LogP contribution is 2.35. The van der Waals surface area contributed by atoms with Gasteiger partial charge in [0, 0.05) is 10.2 Å². The zero-order chi connectivity index (χ0) is 22.3. The first-order valence-electron chi connectivity index (χ1n) is 8.89. The maximum Gasteiger partial charge on any atom is 0.416 e. The Morgan fingerprint density at radius 1 is 1.17 bits per heavy atom. The van der Waals surface area contributed by atoms with E-state index < -0.39 is 17.6 Å². The zero-order valence-electron chi connectivity index (χ0n) is 16.1. The number of nitrogens with one attached hydrogen (secondary N) is 1. The van der Waals surface area contributed by atoms with Crippen molar-refractivity contribution in [2.75, 3.05) is 18.5 Å². The number of halogens is 4. The smallest absolute Gasteiger partial charge is 0.416 e. The summed E-state index contributed by atoms with van der Waals surface area (Å²) in [5.41, 5.74) is -0.799. The second-order valence-corrected chi connectivity index (χ2v) is 6.74. The minimum absolute atomic E-state index is 0.0725. The topological polar surface area (TPSA) is 71.3 Å². The van der Waals surface area contributed by atoms with Crippen LogP contribution in [0, 0.1) is 11.3 Å². The van der Waals surface area contributed by atoms with E-state index in [0.29, 0.717) is 34.7 Å². The fourth-order valence-corrected chi connectivity index (χ4v) is 2.91. The Bertz CT molecular complexity index is 998. The van der Waals surface area contributed by atoms with E-state index in [1.807, 2.05) is 6.92 Å². The molecule has 9 heteroatoms. The molecule has 0 fully saturated rings. The SMILES string of the molecule is CCOc1cc(Br)c(C=C(C#N)C(=O)Nc2cccc(C(F)(F)F)c2)cc1OCC. The van der Waals surface area contributed by atoms with Gasteiger partial charge in [-0.3, -0.25) is 4.79 Å². The van der Waals surface area contributed by atoms with E-state index in [1.54, 1.807) is 25.1 Å². The molecule has 0 atom stereocenters. The molecule has 0 saturated carbocycles. The number of nitrogens with zero attached hydrogens (tertiary/aromatic N) is 1. The van der Waals surface area contributed by atoms with Crippen LogP contribution in [0.3, 0.4) is 0 Å². The first-order valence-corrected chi connectivity index (χ1v) is 9.68. The summed E-state index contributed by atoms with van der Waals surface area (Å²) >= 11 is 3.36. The molecule has 30 heavy (non-hydrogen) atoms. The average molecular weight is 483 g/mol. The Balaban J connectivity index is 2.34. The molecule has 1 N–H and O–H groups in total. The molecule has 0 aliphatic carbocycles. The number of ether oxygens (including phenoxy) is 2. The zero-order valence-corrected chi connectivity index (χ0v) is 17.7. The van der Waals surface area contributed by atoms with Crippen molar-refractivity contribution >= 4 is 33.6 Å². The molecule has 0 aliphatic heterocycles. The average Bonchev–Trinajstić information content (AvgIpc) is 2.68. The van der Waals surface area contributed by atoms with E-state index in [9.17, 15) is 23.2 Å². The van der Waals surface area contributed by atoms with Gasteiger partial charge in [-0.1, -0.05) is 22.0 Å². The number of anilines is 1. The normalized spacial score (nSPS) is 11.6. The number of alkyl halides is 3. The Kier molecular flexibility index (Phi) is 7.89. The summed E-state index contributed by atoms with van der Waals surface area (Å²) in [7, 11) is 0. The lowest BCUT2D eigenvalue weighted by Gasteiger charge is -2.13. The van der Waals surface area contributed by atoms with Crippen molar-refractivity contribution in [3.63, 3.8) is 0 Å². The summed E-state index contributed by atoms with van der Waals surface area (Å²) in [6, 6.07) is 9.20. The second kappa shape index (κ2) is 10.2. The van der Waals surface area contributed by atoms with Gasteiger partial charge in [0.1, 0.15) is 11.6 Å². The molecule has 0 aliphatic rings. The van der Waals surface area contributed by atoms with Crippen molar-refractivity contribution in [3.05, 3.63) is 57.6 Å². The van der Waals surface area contributed by atoms with E-state index >= 15 is 0 Å². The number of rotatable bonds is 7. The number of carbonyl (C=O) groups is 1. The minimum atomic E-state index is -4.54. The predicted molar refractivity (Wildman–Crippen MR) is 110 cm³/mol. The molecule has 0 bridgehead atoms. The lowest BCUT2D eigenvalue weighted by Crippen LogP contribution is -2.14. The van der Waals surface area contributed by atoms with Crippen LogP contribution in [0.5, 0.6) is 11.5 Å². The summed E-state index contributed by atoms with van der Waals surface area (Å²) in [6.07, 6.45) is -3.23. The molecular formula is C21H18BrF3N2O3. The van der Waals surface area contributed by atoms with Crippen molar-refractivity contribution < 1.29 is 27.4 Å². The fourth-order valence-electron chi connectivity index (χ4n) is 2.47. The number of hydrogen-bond donors (Lipinski definition) is 1. The lowest BCUT2D eigenvalue weighted by molar-refractivity contribution is -0.137. The second-order valence-electron chi connectivity index (χ2n) is 5.89. The first kappa shape index (κ1) is 23.3. The molecule has 0 spiro atoms. The third-order valence-electron chi connectivity index (χ3n) is 3.78. The van der Waals surface area contributed by atoms with Gasteiger partial charge < -0.3 is 14.8 Å². The molecule has 0 aromatic heterocycles. The largest absolute Gasteiger partial charge is 0.490 e. The summed E-state index contributed by atoms with van der Waals surface area (Å²) in [5.74, 6) is 0.0928. The molecule has 2 aromatic carbocycles. The van der Waals surface area contributed by atoms with Crippen molar-refractivity contribution in [2.45, 2.75) is 20.0 Å². The Morgan fingerprint density at radius 2 is 1.80 bits per heavy atom. The van der Waals surface area contributed by atoms with Gasteiger partial charge in [0.15, 0.2) is 11.5 Å². The first-order chi connectivity index (χ1) is 14.2. The van der Waals surface area contributed by atoms with Crippen LogP contribution < -0.4 is 14.8 Å². The maximum absolute atomic E-state index is 12.8. The van der Waals surface area contributed by atoms with Crippen molar-refractivity contribution in [3.8, 4) is 17.6 Å². The van der Waals surface area contributed by atoms with Gasteiger partial charge in [-0.15, -0.1) is 0 Å². The van der Waals surface area contributed by atoms with Gasteiger partial charge in [-0.05, 0) is 55.8 Å². The highest BCUT2D eigenvalue weighted by atomic mass is 79.9. The minimum Gasteiger partial charge on any atom is -0.490 e. The number of carbonyl (C=O) groups excluding carboxylic acids is 1. The number of benzene rings is 2. The van der Waals surface area contributed by atoms with Gasteiger partial charge in [0.25, 0.3) is 5.91 Å². The van der Waals surface area contributed by atoms with E-state index in [0.717, 1.165) is 12.1 Å². The summed E-state index contributed by atoms with van der Waals surface area (Å²) in [5, 5.41) is 11.7. The van der Waals surface area contributed by atoms with Crippen LogP contribution in [-0.2, 0) is 11.0 Å². The van der Waals surface area contributed by atoms with Crippen molar-refractivity contribution in [1.82, 2.24) is 0 Å². The molecule has 2 rings (SSSR count). The van der Waals surface area contributed by atoms with Crippen LogP contribution in [0.4, 0.5) is 18.9 Å². The molecule has 5 nitrogen and oxygen atoms in total. The molecule has 2 aromatic rings. The molecule has 158 valence electrons. The molecular weight excluding hydrogens is 465 g/mol. The van der Waals surface area contributed by atoms with Crippen LogP contribution in [-0.4, -0.2) is 19.1 Å². The van der Waals surface area contributed by atoms with Crippen LogP contribution >= 0.6 is 15.9 Å². The summed E-state index contributed by atoms with van der Waals surface area (Å²) in [4.78, 5) is 12.4. The van der Waals surface area contributed by atoms with Crippen LogP contribution in [0.1, 0.15) is 25.0 Å². The highest BCUT2D eigenvalue weighted by Gasteiger charge is 2.30. The van der Waals surface area contributed by atoms with Crippen LogP contribution in [0.2, 0.25) is 0 Å². The summed E-state index contributed by atoms with van der Waals surface area (Å²) < 4.78 is 50.1. The van der Waals surface area contributed by atoms with Crippen molar-refractivity contribution in [1.29, 1.82) is 5.26 Å². The molecule has 0 heterocycles. The molecule has 1 amide bonds. The standard InChI is InChI=1S/C21H18BrF3N2O3/c1-3-29-18-9-13(17(22)11-19(18)30-4-2)8-14(12-26)20(28)27-16-7-5-6-15(10-16)21(23,24)25/h5-11H,3-4H2,1-2H3,(H,27,28). The van der Waals surface area contributed by atoms with Crippen LogP contribution in [0.15, 0.2) is 46.4 Å². The van der Waals surface area contributed by atoms with Gasteiger partial charge in [-0.2, -0.15) is 18.4 Å². The van der Waals surface area contributed by atoms with Gasteiger partial charge in [0.05, 0.1) is 18.8 Å². The Hall–Kier alpha value is -2.99. The van der Waals surface area contributed by atoms with Crippen molar-refractivity contribution in [2.24, 2.45) is 0 Å². The molecule has 0 saturated heterocycles. The number of hydrogen-bond acceptors (Lipinski definition) is 4. The Morgan fingerprint density at radius 3 is 2.37 bits per heavy atom. The Labute approximate surface area is 180 Å². The highest BCUT2D eigenvalue weighted by molar-refractivity contribution is 9.10. The van der Waals surface area contributed by atoms with Gasteiger partial charge in [0.2, 0.25) is 0 Å². The monoisotopic (exact) mass is 482 g/mol. The van der Waals surface area contributed by atoms with E-state index in [1.165, 1.54) is 18.2 Å². The molecule has 0 unspecified atom stereocenters. The fraction of sp³-hybridized carbons (Fsp3) is 0.238. The third-order valence-corrected chi connectivity index (χ3v) is 4.46. The quantitative estimate of drug-likeness (QED) is 0.399. The van der Waals surface area contributed by atoms with Gasteiger partial charge >= 0.3 is 6.18 Å². The number of nitriles is 1.